The molecule has 0 atom stereocenters. The minimum absolute atomic E-state index is 0.0419. The Morgan fingerprint density at radius 2 is 1.95 bits per heavy atom. The molecule has 0 unspecified atom stereocenters. The molecule has 0 aliphatic carbocycles. The average Bonchev–Trinajstić information content (AvgIpc) is 2.52. The van der Waals surface area contributed by atoms with Gasteiger partial charge in [0.1, 0.15) is 12.4 Å². The fourth-order valence-corrected chi connectivity index (χ4v) is 2.34. The second kappa shape index (κ2) is 8.44. The van der Waals surface area contributed by atoms with E-state index in [0.717, 1.165) is 17.7 Å². The van der Waals surface area contributed by atoms with Gasteiger partial charge in [0.2, 0.25) is 5.91 Å². The van der Waals surface area contributed by atoms with Gasteiger partial charge in [0.05, 0.1) is 6.54 Å². The summed E-state index contributed by atoms with van der Waals surface area (Å²) in [6.45, 7) is 2.88. The lowest BCUT2D eigenvalue weighted by molar-refractivity contribution is -0.121. The number of ether oxygens (including phenoxy) is 1. The largest absolute Gasteiger partial charge is 0.491 e. The van der Waals surface area contributed by atoms with Crippen LogP contribution in [0.15, 0.2) is 48.5 Å². The first-order valence-corrected chi connectivity index (χ1v) is 7.72. The first-order valence-electron chi connectivity index (χ1n) is 7.35. The van der Waals surface area contributed by atoms with Crippen LogP contribution < -0.4 is 10.1 Å². The number of hydrogen-bond acceptors (Lipinski definition) is 2. The third-order valence-electron chi connectivity index (χ3n) is 3.30. The maximum atomic E-state index is 11.8. The van der Waals surface area contributed by atoms with Crippen molar-refractivity contribution in [3.8, 4) is 5.75 Å². The van der Waals surface area contributed by atoms with Crippen molar-refractivity contribution in [1.29, 1.82) is 0 Å². The predicted molar refractivity (Wildman–Crippen MR) is 89.5 cm³/mol. The average molecular weight is 318 g/mol. The SMILES string of the molecule is Cc1cc(Cl)ccc1OCCNC(=O)CCc1ccccc1. The van der Waals surface area contributed by atoms with E-state index < -0.39 is 0 Å². The highest BCUT2D eigenvalue weighted by Gasteiger charge is 2.03. The molecule has 0 fully saturated rings. The number of hydrogen-bond donors (Lipinski definition) is 1. The number of carbonyl (C=O) groups is 1. The predicted octanol–water partition coefficient (Wildman–Crippen LogP) is 3.78. The highest BCUT2D eigenvalue weighted by molar-refractivity contribution is 6.30. The Kier molecular flexibility index (Phi) is 6.28. The standard InChI is InChI=1S/C18H20ClNO2/c1-14-13-16(19)8-9-17(14)22-12-11-20-18(21)10-7-15-5-3-2-4-6-15/h2-6,8-9,13H,7,10-12H2,1H3,(H,20,21). The summed E-state index contributed by atoms with van der Waals surface area (Å²) in [6.07, 6.45) is 1.24. The summed E-state index contributed by atoms with van der Waals surface area (Å²) in [7, 11) is 0. The van der Waals surface area contributed by atoms with Gasteiger partial charge in [0.15, 0.2) is 0 Å². The number of amides is 1. The van der Waals surface area contributed by atoms with E-state index >= 15 is 0 Å². The van der Waals surface area contributed by atoms with Crippen LogP contribution in [0.3, 0.4) is 0 Å². The molecule has 0 heterocycles. The third-order valence-corrected chi connectivity index (χ3v) is 3.54. The van der Waals surface area contributed by atoms with Gasteiger partial charge in [-0.05, 0) is 42.7 Å². The van der Waals surface area contributed by atoms with Crippen LogP contribution in [0.2, 0.25) is 5.02 Å². The summed E-state index contributed by atoms with van der Waals surface area (Å²) in [5.74, 6) is 0.836. The zero-order valence-corrected chi connectivity index (χ0v) is 13.4. The Hall–Kier alpha value is -2.00. The van der Waals surface area contributed by atoms with Crippen LogP contribution in [0, 0.1) is 6.92 Å². The topological polar surface area (TPSA) is 38.3 Å². The van der Waals surface area contributed by atoms with Crippen molar-refractivity contribution >= 4 is 17.5 Å². The van der Waals surface area contributed by atoms with Crippen molar-refractivity contribution < 1.29 is 9.53 Å². The van der Waals surface area contributed by atoms with Gasteiger partial charge in [-0.15, -0.1) is 0 Å². The minimum Gasteiger partial charge on any atom is -0.491 e. The molecule has 116 valence electrons. The van der Waals surface area contributed by atoms with E-state index in [4.69, 9.17) is 16.3 Å². The molecule has 0 aromatic heterocycles. The van der Waals surface area contributed by atoms with E-state index in [-0.39, 0.29) is 5.91 Å². The fraction of sp³-hybridized carbons (Fsp3) is 0.278. The Morgan fingerprint density at radius 3 is 2.68 bits per heavy atom. The van der Waals surface area contributed by atoms with E-state index in [2.05, 4.69) is 5.32 Å². The quantitative estimate of drug-likeness (QED) is 0.789. The Balaban J connectivity index is 1.65. The first kappa shape index (κ1) is 16.4. The number of aryl methyl sites for hydroxylation is 2. The van der Waals surface area contributed by atoms with Crippen LogP contribution in [0.25, 0.3) is 0 Å². The molecule has 0 radical (unpaired) electrons. The molecule has 0 bridgehead atoms. The molecule has 1 amide bonds. The molecular formula is C18H20ClNO2. The summed E-state index contributed by atoms with van der Waals surface area (Å²) >= 11 is 5.89. The number of halogens is 1. The molecule has 3 nitrogen and oxygen atoms in total. The Bertz CT molecular complexity index is 614. The minimum atomic E-state index is 0.0419. The van der Waals surface area contributed by atoms with Gasteiger partial charge in [-0.3, -0.25) is 4.79 Å². The monoisotopic (exact) mass is 317 g/mol. The van der Waals surface area contributed by atoms with Crippen molar-refractivity contribution in [3.05, 3.63) is 64.7 Å². The highest BCUT2D eigenvalue weighted by Crippen LogP contribution is 2.21. The molecule has 2 rings (SSSR count). The Morgan fingerprint density at radius 1 is 1.18 bits per heavy atom. The van der Waals surface area contributed by atoms with Gasteiger partial charge < -0.3 is 10.1 Å². The molecule has 0 saturated carbocycles. The van der Waals surface area contributed by atoms with E-state index in [0.29, 0.717) is 24.6 Å². The summed E-state index contributed by atoms with van der Waals surface area (Å²) in [4.78, 5) is 11.8. The van der Waals surface area contributed by atoms with Gasteiger partial charge in [0.25, 0.3) is 0 Å². The van der Waals surface area contributed by atoms with E-state index in [1.54, 1.807) is 6.07 Å². The fourth-order valence-electron chi connectivity index (χ4n) is 2.12. The van der Waals surface area contributed by atoms with Gasteiger partial charge in [-0.1, -0.05) is 41.9 Å². The number of benzene rings is 2. The van der Waals surface area contributed by atoms with Crippen LogP contribution >= 0.6 is 11.6 Å². The second-order valence-electron chi connectivity index (χ2n) is 5.09. The van der Waals surface area contributed by atoms with E-state index in [1.807, 2.05) is 49.4 Å². The lowest BCUT2D eigenvalue weighted by atomic mass is 10.1. The molecule has 0 spiro atoms. The zero-order valence-electron chi connectivity index (χ0n) is 12.6. The second-order valence-corrected chi connectivity index (χ2v) is 5.53. The molecule has 0 saturated heterocycles. The summed E-state index contributed by atoms with van der Waals surface area (Å²) in [5.41, 5.74) is 2.16. The van der Waals surface area contributed by atoms with Gasteiger partial charge >= 0.3 is 0 Å². The van der Waals surface area contributed by atoms with Crippen molar-refractivity contribution in [3.63, 3.8) is 0 Å². The van der Waals surface area contributed by atoms with Gasteiger partial charge in [0, 0.05) is 11.4 Å². The summed E-state index contributed by atoms with van der Waals surface area (Å²) in [5, 5.41) is 3.56. The molecule has 22 heavy (non-hydrogen) atoms. The van der Waals surface area contributed by atoms with E-state index in [9.17, 15) is 4.79 Å². The van der Waals surface area contributed by atoms with Gasteiger partial charge in [-0.25, -0.2) is 0 Å². The van der Waals surface area contributed by atoms with Crippen LogP contribution in [0.4, 0.5) is 0 Å². The lowest BCUT2D eigenvalue weighted by Crippen LogP contribution is -2.28. The number of rotatable bonds is 7. The molecule has 0 aliphatic rings. The summed E-state index contributed by atoms with van der Waals surface area (Å²) < 4.78 is 5.63. The molecule has 2 aromatic carbocycles. The summed E-state index contributed by atoms with van der Waals surface area (Å²) in [6, 6.07) is 15.5. The normalized spacial score (nSPS) is 10.3. The number of nitrogens with one attached hydrogen (secondary N) is 1. The molecule has 0 aliphatic heterocycles. The smallest absolute Gasteiger partial charge is 0.220 e. The molecule has 2 aromatic rings. The van der Waals surface area contributed by atoms with Crippen molar-refractivity contribution in [2.75, 3.05) is 13.2 Å². The zero-order chi connectivity index (χ0) is 15.8. The van der Waals surface area contributed by atoms with Crippen LogP contribution in [-0.2, 0) is 11.2 Å². The first-order chi connectivity index (χ1) is 10.6. The third kappa shape index (κ3) is 5.41. The van der Waals surface area contributed by atoms with E-state index in [1.165, 1.54) is 5.56 Å². The molecule has 4 heteroatoms. The maximum Gasteiger partial charge on any atom is 0.220 e. The number of carbonyl (C=O) groups excluding carboxylic acids is 1. The van der Waals surface area contributed by atoms with Gasteiger partial charge in [-0.2, -0.15) is 0 Å². The molecule has 1 N–H and O–H groups in total. The van der Waals surface area contributed by atoms with Crippen molar-refractivity contribution in [1.82, 2.24) is 5.32 Å². The highest BCUT2D eigenvalue weighted by atomic mass is 35.5. The lowest BCUT2D eigenvalue weighted by Gasteiger charge is -2.10. The van der Waals surface area contributed by atoms with Crippen molar-refractivity contribution in [2.45, 2.75) is 19.8 Å². The van der Waals surface area contributed by atoms with Crippen LogP contribution in [-0.4, -0.2) is 19.1 Å². The molecular weight excluding hydrogens is 298 g/mol. The van der Waals surface area contributed by atoms with Crippen molar-refractivity contribution in [2.24, 2.45) is 0 Å². The Labute approximate surface area is 136 Å². The maximum absolute atomic E-state index is 11.8. The van der Waals surface area contributed by atoms with Crippen LogP contribution in [0.1, 0.15) is 17.5 Å². The van der Waals surface area contributed by atoms with Crippen LogP contribution in [0.5, 0.6) is 5.75 Å².